The Morgan fingerprint density at radius 2 is 2.31 bits per heavy atom. The summed E-state index contributed by atoms with van der Waals surface area (Å²) in [5.41, 5.74) is 6.59. The van der Waals surface area contributed by atoms with Crippen LogP contribution < -0.4 is 10.5 Å². The Morgan fingerprint density at radius 3 is 2.94 bits per heavy atom. The van der Waals surface area contributed by atoms with Crippen molar-refractivity contribution in [3.05, 3.63) is 24.0 Å². The van der Waals surface area contributed by atoms with Crippen LogP contribution in [0.15, 0.2) is 18.3 Å². The number of nitrogens with two attached hydrogens (primary N) is 1. The zero-order chi connectivity index (χ0) is 12.0. The van der Waals surface area contributed by atoms with Crippen LogP contribution in [-0.2, 0) is 9.53 Å². The highest BCUT2D eigenvalue weighted by molar-refractivity contribution is 5.69. The van der Waals surface area contributed by atoms with Crippen LogP contribution in [0.1, 0.15) is 24.6 Å². The first-order chi connectivity index (χ1) is 7.69. The summed E-state index contributed by atoms with van der Waals surface area (Å²) >= 11 is 0. The molecule has 0 aliphatic carbocycles. The molecule has 0 saturated heterocycles. The van der Waals surface area contributed by atoms with Crippen molar-refractivity contribution in [2.75, 3.05) is 14.2 Å². The van der Waals surface area contributed by atoms with E-state index >= 15 is 0 Å². The lowest BCUT2D eigenvalue weighted by Gasteiger charge is -2.13. The summed E-state index contributed by atoms with van der Waals surface area (Å²) in [7, 11) is 2.92. The van der Waals surface area contributed by atoms with Gasteiger partial charge in [-0.15, -0.1) is 0 Å². The Balaban J connectivity index is 2.65. The Morgan fingerprint density at radius 1 is 1.56 bits per heavy atom. The second kappa shape index (κ2) is 6.07. The monoisotopic (exact) mass is 224 g/mol. The minimum Gasteiger partial charge on any atom is -0.495 e. The molecule has 2 N–H and O–H groups in total. The van der Waals surface area contributed by atoms with Crippen molar-refractivity contribution < 1.29 is 14.3 Å². The normalized spacial score (nSPS) is 11.9. The molecule has 1 heterocycles. The molecule has 1 aromatic heterocycles. The highest BCUT2D eigenvalue weighted by atomic mass is 16.5. The maximum absolute atomic E-state index is 11.0. The topological polar surface area (TPSA) is 74.4 Å². The van der Waals surface area contributed by atoms with Crippen molar-refractivity contribution in [2.45, 2.75) is 18.9 Å². The number of nitrogens with zero attached hydrogens (tertiary/aromatic N) is 1. The summed E-state index contributed by atoms with van der Waals surface area (Å²) in [6.45, 7) is 0. The van der Waals surface area contributed by atoms with E-state index in [-0.39, 0.29) is 18.4 Å². The van der Waals surface area contributed by atoms with Crippen LogP contribution in [0.2, 0.25) is 0 Å². The van der Waals surface area contributed by atoms with E-state index in [0.29, 0.717) is 17.9 Å². The number of carbonyl (C=O) groups excluding carboxylic acids is 1. The number of pyridine rings is 1. The predicted octanol–water partition coefficient (Wildman–Crippen LogP) is 1.04. The maximum atomic E-state index is 11.0. The van der Waals surface area contributed by atoms with E-state index in [2.05, 4.69) is 9.72 Å². The van der Waals surface area contributed by atoms with Gasteiger partial charge in [0.25, 0.3) is 0 Å². The molecule has 1 aromatic rings. The third-order valence-corrected chi connectivity index (χ3v) is 2.26. The molecule has 5 nitrogen and oxygen atoms in total. The number of hydrogen-bond acceptors (Lipinski definition) is 5. The van der Waals surface area contributed by atoms with Crippen LogP contribution in [-0.4, -0.2) is 25.2 Å². The molecule has 0 spiro atoms. The number of rotatable bonds is 5. The van der Waals surface area contributed by atoms with E-state index in [1.807, 2.05) is 0 Å². The molecular formula is C11H16N2O3. The van der Waals surface area contributed by atoms with Crippen LogP contribution in [0.25, 0.3) is 0 Å². The molecule has 0 saturated carbocycles. The Hall–Kier alpha value is -1.62. The fourth-order valence-electron chi connectivity index (χ4n) is 1.37. The Kier molecular flexibility index (Phi) is 4.72. The second-order valence-electron chi connectivity index (χ2n) is 3.31. The summed E-state index contributed by atoms with van der Waals surface area (Å²) in [5, 5.41) is 0. The van der Waals surface area contributed by atoms with Gasteiger partial charge in [-0.25, -0.2) is 0 Å². The SMILES string of the molecule is COC(=O)CCC(N)c1ncccc1OC. The maximum Gasteiger partial charge on any atom is 0.305 e. The molecule has 0 amide bonds. The van der Waals surface area contributed by atoms with Crippen LogP contribution >= 0.6 is 0 Å². The standard InChI is InChI=1S/C11H16N2O3/c1-15-9-4-3-7-13-11(9)8(12)5-6-10(14)16-2/h3-4,7-8H,5-6,12H2,1-2H3. The van der Waals surface area contributed by atoms with E-state index in [4.69, 9.17) is 10.5 Å². The molecule has 1 rings (SSSR count). The number of carbonyl (C=O) groups is 1. The number of hydrogen-bond donors (Lipinski definition) is 1. The molecule has 0 fully saturated rings. The Bertz CT molecular complexity index is 355. The van der Waals surface area contributed by atoms with Crippen molar-refractivity contribution in [1.29, 1.82) is 0 Å². The van der Waals surface area contributed by atoms with E-state index in [1.54, 1.807) is 25.4 Å². The zero-order valence-electron chi connectivity index (χ0n) is 9.47. The summed E-state index contributed by atoms with van der Waals surface area (Å²) in [4.78, 5) is 15.1. The first kappa shape index (κ1) is 12.4. The fourth-order valence-corrected chi connectivity index (χ4v) is 1.37. The minimum atomic E-state index is -0.324. The van der Waals surface area contributed by atoms with E-state index in [9.17, 15) is 4.79 Å². The van der Waals surface area contributed by atoms with Crippen LogP contribution in [0.5, 0.6) is 5.75 Å². The zero-order valence-corrected chi connectivity index (χ0v) is 9.47. The minimum absolute atomic E-state index is 0.273. The quantitative estimate of drug-likeness (QED) is 0.756. The van der Waals surface area contributed by atoms with Gasteiger partial charge in [-0.1, -0.05) is 0 Å². The molecule has 0 aliphatic rings. The summed E-state index contributed by atoms with van der Waals surface area (Å²) in [6, 6.07) is 3.24. The molecule has 1 atom stereocenters. The van der Waals surface area contributed by atoms with Gasteiger partial charge >= 0.3 is 5.97 Å². The van der Waals surface area contributed by atoms with Crippen molar-refractivity contribution in [3.8, 4) is 5.75 Å². The fraction of sp³-hybridized carbons (Fsp3) is 0.455. The van der Waals surface area contributed by atoms with Gasteiger partial charge in [-0.2, -0.15) is 0 Å². The largest absolute Gasteiger partial charge is 0.495 e. The van der Waals surface area contributed by atoms with Crippen molar-refractivity contribution in [2.24, 2.45) is 5.73 Å². The molecule has 5 heteroatoms. The molecule has 0 aliphatic heterocycles. The number of esters is 1. The predicted molar refractivity (Wildman–Crippen MR) is 59.0 cm³/mol. The molecule has 0 radical (unpaired) electrons. The van der Waals surface area contributed by atoms with Crippen molar-refractivity contribution >= 4 is 5.97 Å². The lowest BCUT2D eigenvalue weighted by molar-refractivity contribution is -0.140. The number of ether oxygens (including phenoxy) is 2. The summed E-state index contributed by atoms with van der Waals surface area (Å²) in [5.74, 6) is 0.366. The van der Waals surface area contributed by atoms with Gasteiger partial charge in [0.15, 0.2) is 0 Å². The van der Waals surface area contributed by atoms with Crippen LogP contribution in [0.4, 0.5) is 0 Å². The highest BCUT2D eigenvalue weighted by Gasteiger charge is 2.14. The molecule has 88 valence electrons. The van der Waals surface area contributed by atoms with E-state index < -0.39 is 0 Å². The molecular weight excluding hydrogens is 208 g/mol. The van der Waals surface area contributed by atoms with Gasteiger partial charge in [0.1, 0.15) is 5.75 Å². The highest BCUT2D eigenvalue weighted by Crippen LogP contribution is 2.23. The van der Waals surface area contributed by atoms with Gasteiger partial charge in [-0.05, 0) is 18.6 Å². The first-order valence-corrected chi connectivity index (χ1v) is 5.00. The summed E-state index contributed by atoms with van der Waals surface area (Å²) in [6.07, 6.45) is 2.41. The smallest absolute Gasteiger partial charge is 0.305 e. The first-order valence-electron chi connectivity index (χ1n) is 5.00. The van der Waals surface area contributed by atoms with Crippen LogP contribution in [0.3, 0.4) is 0 Å². The third-order valence-electron chi connectivity index (χ3n) is 2.26. The van der Waals surface area contributed by atoms with Gasteiger partial charge in [0.05, 0.1) is 26.0 Å². The lowest BCUT2D eigenvalue weighted by Crippen LogP contribution is -2.15. The van der Waals surface area contributed by atoms with Gasteiger partial charge in [0.2, 0.25) is 0 Å². The molecule has 16 heavy (non-hydrogen) atoms. The lowest BCUT2D eigenvalue weighted by atomic mass is 10.1. The van der Waals surface area contributed by atoms with Crippen LogP contribution in [0, 0.1) is 0 Å². The third kappa shape index (κ3) is 3.20. The van der Waals surface area contributed by atoms with Gasteiger partial charge in [-0.3, -0.25) is 9.78 Å². The van der Waals surface area contributed by atoms with E-state index in [0.717, 1.165) is 0 Å². The summed E-state index contributed by atoms with van der Waals surface area (Å²) < 4.78 is 9.69. The average molecular weight is 224 g/mol. The van der Waals surface area contributed by atoms with E-state index in [1.165, 1.54) is 7.11 Å². The molecule has 0 aromatic carbocycles. The average Bonchev–Trinajstić information content (AvgIpc) is 2.35. The van der Waals surface area contributed by atoms with Gasteiger partial charge in [0, 0.05) is 12.6 Å². The number of methoxy groups -OCH3 is 2. The second-order valence-corrected chi connectivity index (χ2v) is 3.31. The Labute approximate surface area is 94.6 Å². The molecule has 0 bridgehead atoms. The number of aromatic nitrogens is 1. The van der Waals surface area contributed by atoms with Crippen molar-refractivity contribution in [1.82, 2.24) is 4.98 Å². The molecule has 1 unspecified atom stereocenters. The van der Waals surface area contributed by atoms with Gasteiger partial charge < -0.3 is 15.2 Å². The van der Waals surface area contributed by atoms with Crippen molar-refractivity contribution in [3.63, 3.8) is 0 Å².